The molecule has 3 rings (SSSR count). The Morgan fingerprint density at radius 3 is 2.68 bits per heavy atom. The van der Waals surface area contributed by atoms with Crippen LogP contribution in [0.25, 0.3) is 0 Å². The van der Waals surface area contributed by atoms with Gasteiger partial charge in [0.1, 0.15) is 18.7 Å². The summed E-state index contributed by atoms with van der Waals surface area (Å²) < 4.78 is 3.39. The highest BCUT2D eigenvalue weighted by Crippen LogP contribution is 2.16. The number of carbonyl (C=O) groups excluding carboxylic acids is 1. The van der Waals surface area contributed by atoms with Crippen LogP contribution >= 0.6 is 24.0 Å². The van der Waals surface area contributed by atoms with Crippen molar-refractivity contribution in [3.05, 3.63) is 24.5 Å². The highest BCUT2D eigenvalue weighted by atomic mass is 127. The van der Waals surface area contributed by atoms with E-state index in [0.29, 0.717) is 25.6 Å². The molecule has 11 heteroatoms. The average Bonchev–Trinajstić information content (AvgIpc) is 3.17. The number of aliphatic imine (C=N–C) groups is 1. The Hall–Kier alpha value is -2.18. The van der Waals surface area contributed by atoms with Crippen molar-refractivity contribution >= 4 is 41.5 Å². The van der Waals surface area contributed by atoms with E-state index in [-0.39, 0.29) is 36.4 Å². The van der Waals surface area contributed by atoms with Gasteiger partial charge in [-0.3, -0.25) is 19.2 Å². The van der Waals surface area contributed by atoms with E-state index in [0.717, 1.165) is 11.5 Å². The second-order valence-electron chi connectivity index (χ2n) is 5.54. The van der Waals surface area contributed by atoms with Crippen molar-refractivity contribution in [2.24, 2.45) is 19.1 Å². The summed E-state index contributed by atoms with van der Waals surface area (Å²) in [7, 11) is 5.38. The van der Waals surface area contributed by atoms with E-state index < -0.39 is 0 Å². The number of rotatable bonds is 3. The number of guanidine groups is 1. The highest BCUT2D eigenvalue weighted by molar-refractivity contribution is 14.0. The van der Waals surface area contributed by atoms with E-state index >= 15 is 0 Å². The Labute approximate surface area is 162 Å². The van der Waals surface area contributed by atoms with Gasteiger partial charge in [0.15, 0.2) is 5.96 Å². The van der Waals surface area contributed by atoms with Gasteiger partial charge in [-0.15, -0.1) is 24.0 Å². The zero-order valence-corrected chi connectivity index (χ0v) is 16.8. The minimum absolute atomic E-state index is 0. The van der Waals surface area contributed by atoms with Crippen LogP contribution in [0.1, 0.15) is 5.82 Å². The first-order valence-corrected chi connectivity index (χ1v) is 7.66. The third-order valence-corrected chi connectivity index (χ3v) is 3.94. The van der Waals surface area contributed by atoms with Crippen LogP contribution in [0, 0.1) is 0 Å². The lowest BCUT2D eigenvalue weighted by atomic mass is 10.3. The second-order valence-corrected chi connectivity index (χ2v) is 5.54. The number of halogens is 1. The summed E-state index contributed by atoms with van der Waals surface area (Å²) in [4.78, 5) is 24.6. The molecule has 0 radical (unpaired) electrons. The van der Waals surface area contributed by atoms with Crippen LogP contribution in [0.4, 0.5) is 5.69 Å². The molecule has 0 unspecified atom stereocenters. The fraction of sp³-hybridized carbons (Fsp3) is 0.500. The van der Waals surface area contributed by atoms with E-state index in [1.165, 1.54) is 6.33 Å². The zero-order chi connectivity index (χ0) is 17.1. The molecule has 1 fully saturated rings. The predicted octanol–water partition coefficient (Wildman–Crippen LogP) is -0.409. The number of anilines is 1. The van der Waals surface area contributed by atoms with Crippen LogP contribution in [0.5, 0.6) is 0 Å². The third kappa shape index (κ3) is 4.27. The van der Waals surface area contributed by atoms with Crippen molar-refractivity contribution in [3.8, 4) is 0 Å². The molecular weight excluding hydrogens is 437 g/mol. The molecule has 2 aromatic rings. The predicted molar refractivity (Wildman–Crippen MR) is 104 cm³/mol. The molecule has 0 bridgehead atoms. The Morgan fingerprint density at radius 2 is 2.12 bits per heavy atom. The second kappa shape index (κ2) is 8.27. The first-order chi connectivity index (χ1) is 11.6. The quantitative estimate of drug-likeness (QED) is 0.381. The SMILES string of the molecule is CN=C(NCc1ncnn1C)N1CCN(c2cnn(C)c2)C(=O)C1.I. The van der Waals surface area contributed by atoms with Crippen LogP contribution in [0.15, 0.2) is 23.7 Å². The van der Waals surface area contributed by atoms with Crippen molar-refractivity contribution in [1.29, 1.82) is 0 Å². The molecule has 1 aliphatic rings. The number of carbonyl (C=O) groups is 1. The van der Waals surface area contributed by atoms with Gasteiger partial charge in [-0.05, 0) is 0 Å². The largest absolute Gasteiger partial charge is 0.349 e. The average molecular weight is 459 g/mol. The van der Waals surface area contributed by atoms with Gasteiger partial charge < -0.3 is 15.1 Å². The Bertz CT molecular complexity index is 753. The monoisotopic (exact) mass is 459 g/mol. The molecule has 25 heavy (non-hydrogen) atoms. The summed E-state index contributed by atoms with van der Waals surface area (Å²) in [6.07, 6.45) is 5.05. The number of piperazine rings is 1. The molecule has 0 atom stereocenters. The summed E-state index contributed by atoms with van der Waals surface area (Å²) in [5.41, 5.74) is 0.823. The Morgan fingerprint density at radius 1 is 1.32 bits per heavy atom. The van der Waals surface area contributed by atoms with Gasteiger partial charge in [0.05, 0.1) is 18.4 Å². The lowest BCUT2D eigenvalue weighted by Crippen LogP contribution is -2.55. The van der Waals surface area contributed by atoms with Crippen LogP contribution in [0.2, 0.25) is 0 Å². The lowest BCUT2D eigenvalue weighted by molar-refractivity contribution is -0.120. The first kappa shape index (κ1) is 19.1. The maximum absolute atomic E-state index is 12.5. The number of nitrogens with one attached hydrogen (secondary N) is 1. The number of aromatic nitrogens is 5. The molecule has 2 aromatic heterocycles. The van der Waals surface area contributed by atoms with Crippen molar-refractivity contribution in [3.63, 3.8) is 0 Å². The van der Waals surface area contributed by atoms with Crippen LogP contribution in [0.3, 0.4) is 0 Å². The van der Waals surface area contributed by atoms with Gasteiger partial charge in [0.2, 0.25) is 5.91 Å². The van der Waals surface area contributed by atoms with Gasteiger partial charge in [0.25, 0.3) is 0 Å². The van der Waals surface area contributed by atoms with Crippen molar-refractivity contribution in [2.75, 3.05) is 31.6 Å². The molecular formula is C14H22IN9O. The minimum Gasteiger partial charge on any atom is -0.349 e. The molecule has 10 nitrogen and oxygen atoms in total. The minimum atomic E-state index is 0. The number of amides is 1. The van der Waals surface area contributed by atoms with E-state index in [1.54, 1.807) is 27.5 Å². The smallest absolute Gasteiger partial charge is 0.246 e. The van der Waals surface area contributed by atoms with E-state index in [2.05, 4.69) is 25.5 Å². The summed E-state index contributed by atoms with van der Waals surface area (Å²) in [5, 5.41) is 11.4. The standard InChI is InChI=1S/C14H21N9O.HI/c1-15-14(16-7-12-17-10-19-21(12)3)22-4-5-23(13(24)9-22)11-6-18-20(2)8-11;/h6,8,10H,4-5,7,9H2,1-3H3,(H,15,16);1H. The van der Waals surface area contributed by atoms with Crippen LogP contribution < -0.4 is 10.2 Å². The topological polar surface area (TPSA) is 96.5 Å². The maximum atomic E-state index is 12.5. The first-order valence-electron chi connectivity index (χ1n) is 7.66. The zero-order valence-electron chi connectivity index (χ0n) is 14.5. The molecule has 1 aliphatic heterocycles. The number of aryl methyl sites for hydroxylation is 2. The van der Waals surface area contributed by atoms with Gasteiger partial charge >= 0.3 is 0 Å². The number of nitrogens with zero attached hydrogens (tertiary/aromatic N) is 8. The van der Waals surface area contributed by atoms with Gasteiger partial charge in [-0.1, -0.05) is 0 Å². The highest BCUT2D eigenvalue weighted by Gasteiger charge is 2.27. The summed E-state index contributed by atoms with van der Waals surface area (Å²) in [6, 6.07) is 0. The number of hydrogen-bond donors (Lipinski definition) is 1. The van der Waals surface area contributed by atoms with Crippen LogP contribution in [-0.4, -0.2) is 68.0 Å². The maximum Gasteiger partial charge on any atom is 0.246 e. The molecule has 0 aliphatic carbocycles. The van der Waals surface area contributed by atoms with E-state index in [1.807, 2.05) is 25.2 Å². The normalized spacial score (nSPS) is 15.3. The molecule has 1 saturated heterocycles. The summed E-state index contributed by atoms with van der Waals surface area (Å²) in [5.74, 6) is 1.50. The lowest BCUT2D eigenvalue weighted by Gasteiger charge is -2.35. The van der Waals surface area contributed by atoms with Crippen LogP contribution in [-0.2, 0) is 25.4 Å². The third-order valence-electron chi connectivity index (χ3n) is 3.94. The van der Waals surface area contributed by atoms with Crippen molar-refractivity contribution in [1.82, 2.24) is 34.8 Å². The van der Waals surface area contributed by atoms with Gasteiger partial charge in [-0.25, -0.2) is 4.98 Å². The van der Waals surface area contributed by atoms with E-state index in [9.17, 15) is 4.79 Å². The molecule has 3 heterocycles. The Balaban J connectivity index is 0.00000225. The molecule has 1 N–H and O–H groups in total. The molecule has 136 valence electrons. The summed E-state index contributed by atoms with van der Waals surface area (Å²) in [6.45, 7) is 2.06. The fourth-order valence-electron chi connectivity index (χ4n) is 2.65. The van der Waals surface area contributed by atoms with E-state index in [4.69, 9.17) is 0 Å². The molecule has 0 aromatic carbocycles. The molecule has 1 amide bonds. The Kier molecular flexibility index (Phi) is 6.33. The summed E-state index contributed by atoms with van der Waals surface area (Å²) >= 11 is 0. The van der Waals surface area contributed by atoms with Crippen molar-refractivity contribution < 1.29 is 4.79 Å². The fourth-order valence-corrected chi connectivity index (χ4v) is 2.65. The molecule has 0 saturated carbocycles. The van der Waals surface area contributed by atoms with Gasteiger partial charge in [-0.2, -0.15) is 10.2 Å². The van der Waals surface area contributed by atoms with Gasteiger partial charge in [0, 0.05) is 40.4 Å². The number of hydrogen-bond acceptors (Lipinski definition) is 5. The molecule has 0 spiro atoms. The van der Waals surface area contributed by atoms with Crippen molar-refractivity contribution in [2.45, 2.75) is 6.54 Å².